The van der Waals surface area contributed by atoms with Crippen LogP contribution in [0.3, 0.4) is 0 Å². The topological polar surface area (TPSA) is 49.4 Å². The number of halogens is 5. The Morgan fingerprint density at radius 1 is 0.967 bits per heavy atom. The third-order valence-electron chi connectivity index (χ3n) is 5.10. The van der Waals surface area contributed by atoms with Crippen LogP contribution in [0.25, 0.3) is 0 Å². The van der Waals surface area contributed by atoms with Crippen LogP contribution in [0.15, 0.2) is 53.4 Å². The molecule has 0 unspecified atom stereocenters. The number of carbonyl (C=O) groups excluding carboxylic acids is 2. The summed E-state index contributed by atoms with van der Waals surface area (Å²) in [5, 5.41) is 2.66. The Kier molecular flexibility index (Phi) is 5.34. The second kappa shape index (κ2) is 7.26. The highest BCUT2D eigenvalue weighted by atomic mass is 32.5. The van der Waals surface area contributed by atoms with Crippen molar-refractivity contribution in [3.63, 3.8) is 0 Å². The molecule has 0 spiro atoms. The van der Waals surface area contributed by atoms with E-state index in [0.29, 0.717) is 49.2 Å². The van der Waals surface area contributed by atoms with Crippen LogP contribution in [0.4, 0.5) is 25.1 Å². The summed E-state index contributed by atoms with van der Waals surface area (Å²) in [4.78, 5) is 23.3. The van der Waals surface area contributed by atoms with E-state index in [1.165, 1.54) is 0 Å². The van der Waals surface area contributed by atoms with Gasteiger partial charge in [-0.1, -0.05) is 31.6 Å². The van der Waals surface area contributed by atoms with Gasteiger partial charge in [-0.2, -0.15) is 0 Å². The fourth-order valence-electron chi connectivity index (χ4n) is 3.36. The summed E-state index contributed by atoms with van der Waals surface area (Å²) < 4.78 is 63.7. The van der Waals surface area contributed by atoms with Crippen molar-refractivity contribution >= 4 is 28.1 Å². The average molecular weight is 448 g/mol. The highest BCUT2D eigenvalue weighted by molar-refractivity contribution is 8.45. The Balaban J connectivity index is 1.51. The lowest BCUT2D eigenvalue weighted by Crippen LogP contribution is -2.40. The average Bonchev–Trinajstić information content (AvgIpc) is 2.71. The molecule has 1 aliphatic rings. The fraction of sp³-hybridized carbons (Fsp3) is 0.300. The van der Waals surface area contributed by atoms with Crippen LogP contribution < -0.4 is 10.2 Å². The third-order valence-corrected chi connectivity index (χ3v) is 6.26. The van der Waals surface area contributed by atoms with Gasteiger partial charge in [0.2, 0.25) is 5.91 Å². The molecule has 1 N–H and O–H groups in total. The molecule has 2 aromatic rings. The van der Waals surface area contributed by atoms with E-state index in [-0.39, 0.29) is 18.4 Å². The van der Waals surface area contributed by atoms with Crippen LogP contribution in [0.5, 0.6) is 0 Å². The number of anilines is 1. The van der Waals surface area contributed by atoms with Crippen molar-refractivity contribution in [2.45, 2.75) is 24.3 Å². The monoisotopic (exact) mass is 448 g/mol. The van der Waals surface area contributed by atoms with Crippen LogP contribution in [-0.4, -0.2) is 25.3 Å². The first-order valence-electron chi connectivity index (χ1n) is 9.27. The maximum Gasteiger partial charge on any atom is 0.310 e. The van der Waals surface area contributed by atoms with E-state index in [2.05, 4.69) is 10.2 Å². The van der Waals surface area contributed by atoms with Crippen LogP contribution in [-0.2, 0) is 11.3 Å². The van der Waals surface area contributed by atoms with Gasteiger partial charge in [0.15, 0.2) is 0 Å². The van der Waals surface area contributed by atoms with E-state index in [1.807, 2.05) is 12.1 Å². The van der Waals surface area contributed by atoms with E-state index < -0.39 is 15.1 Å². The largest absolute Gasteiger partial charge is 0.371 e. The molecule has 1 aliphatic heterocycles. The first-order valence-corrected chi connectivity index (χ1v) is 11.2. The minimum absolute atomic E-state index is 0.0349. The molecule has 0 bridgehead atoms. The molecule has 0 aliphatic carbocycles. The third kappa shape index (κ3) is 5.50. The fourth-order valence-corrected chi connectivity index (χ4v) is 4.01. The first-order chi connectivity index (χ1) is 13.9. The molecule has 1 amide bonds. The Hall–Kier alpha value is -2.62. The van der Waals surface area contributed by atoms with Gasteiger partial charge in [0.05, 0.1) is 0 Å². The van der Waals surface area contributed by atoms with Gasteiger partial charge in [-0.3, -0.25) is 9.59 Å². The van der Waals surface area contributed by atoms with E-state index in [9.17, 15) is 29.0 Å². The maximum absolute atomic E-state index is 12.7. The minimum atomic E-state index is -9.68. The molecule has 2 aromatic carbocycles. The highest BCUT2D eigenvalue weighted by Crippen LogP contribution is 3.02. The number of aldehydes is 1. The SMILES string of the molecule is O=Cc1ccc(N2CCC(C(=O)NCc3ccc(S(F)(F)(F)(F)F)cc3)CC2)cc1. The van der Waals surface area contributed by atoms with Crippen LogP contribution >= 0.6 is 10.2 Å². The summed E-state index contributed by atoms with van der Waals surface area (Å²) in [7, 11) is -9.68. The number of hydrogen-bond acceptors (Lipinski definition) is 3. The Morgan fingerprint density at radius 2 is 1.53 bits per heavy atom. The highest BCUT2D eigenvalue weighted by Gasteiger charge is 2.65. The second-order valence-electron chi connectivity index (χ2n) is 7.30. The van der Waals surface area contributed by atoms with E-state index in [4.69, 9.17) is 0 Å². The van der Waals surface area contributed by atoms with Crippen molar-refractivity contribution < 1.29 is 29.0 Å². The van der Waals surface area contributed by atoms with Crippen molar-refractivity contribution in [1.82, 2.24) is 5.32 Å². The van der Waals surface area contributed by atoms with E-state index >= 15 is 0 Å². The van der Waals surface area contributed by atoms with Gasteiger partial charge < -0.3 is 10.2 Å². The number of carbonyl (C=O) groups is 2. The van der Waals surface area contributed by atoms with Crippen molar-refractivity contribution in [3.05, 3.63) is 59.7 Å². The predicted molar refractivity (Wildman–Crippen MR) is 106 cm³/mol. The number of piperidine rings is 1. The van der Waals surface area contributed by atoms with Gasteiger partial charge in [0.25, 0.3) is 0 Å². The van der Waals surface area contributed by atoms with Crippen molar-refractivity contribution in [2.75, 3.05) is 18.0 Å². The molecule has 0 saturated carbocycles. The van der Waals surface area contributed by atoms with Crippen molar-refractivity contribution in [2.24, 2.45) is 5.92 Å². The molecular weight excluding hydrogens is 427 g/mol. The Morgan fingerprint density at radius 3 is 2.03 bits per heavy atom. The maximum atomic E-state index is 12.7. The lowest BCUT2D eigenvalue weighted by atomic mass is 9.95. The van der Waals surface area contributed by atoms with Gasteiger partial charge in [-0.05, 0) is 54.8 Å². The molecule has 1 fully saturated rings. The van der Waals surface area contributed by atoms with Gasteiger partial charge in [0.1, 0.15) is 11.2 Å². The number of nitrogens with one attached hydrogen (secondary N) is 1. The molecule has 4 nitrogen and oxygen atoms in total. The molecular formula is C20H21F5N2O2S. The summed E-state index contributed by atoms with van der Waals surface area (Å²) in [6.07, 6.45) is 1.97. The quantitative estimate of drug-likeness (QED) is 0.456. The number of hydrogen-bond donors (Lipinski definition) is 1. The van der Waals surface area contributed by atoms with Crippen LogP contribution in [0, 0.1) is 5.92 Å². The number of benzene rings is 2. The molecule has 10 heteroatoms. The molecule has 0 radical (unpaired) electrons. The van der Waals surface area contributed by atoms with Gasteiger partial charge in [-0.25, -0.2) is 0 Å². The minimum Gasteiger partial charge on any atom is -0.371 e. The lowest BCUT2D eigenvalue weighted by Gasteiger charge is -2.40. The van der Waals surface area contributed by atoms with Crippen LogP contribution in [0.2, 0.25) is 0 Å². The number of rotatable bonds is 6. The Labute approximate surface area is 170 Å². The smallest absolute Gasteiger partial charge is 0.310 e. The zero-order valence-electron chi connectivity index (χ0n) is 15.9. The number of amides is 1. The first kappa shape index (κ1) is 22.1. The number of nitrogens with zero attached hydrogens (tertiary/aromatic N) is 1. The summed E-state index contributed by atoms with van der Waals surface area (Å²) in [6, 6.07) is 9.72. The van der Waals surface area contributed by atoms with Crippen LogP contribution in [0.1, 0.15) is 28.8 Å². The molecule has 1 heterocycles. The molecule has 164 valence electrons. The molecule has 1 saturated heterocycles. The molecule has 0 aromatic heterocycles. The Bertz CT molecular complexity index is 923. The molecule has 3 rings (SSSR count). The zero-order valence-corrected chi connectivity index (χ0v) is 16.7. The summed E-state index contributed by atoms with van der Waals surface area (Å²) in [6.45, 7) is 1.26. The van der Waals surface area contributed by atoms with Gasteiger partial charge in [-0.15, -0.1) is 0 Å². The standard InChI is InChI=1S/C20H21F5N2O2S/c21-30(22,23,24,25)19-7-3-15(4-8-19)13-26-20(29)17-9-11-27(12-10-17)18-5-1-16(14-28)2-6-18/h1-8,14,17H,9-13H2,(H,26,29). The molecule has 30 heavy (non-hydrogen) atoms. The van der Waals surface area contributed by atoms with Crippen molar-refractivity contribution in [1.29, 1.82) is 0 Å². The molecule has 0 atom stereocenters. The normalized spacial score (nSPS) is 17.7. The van der Waals surface area contributed by atoms with Gasteiger partial charge in [0, 0.05) is 36.8 Å². The predicted octanol–water partition coefficient (Wildman–Crippen LogP) is 5.69. The summed E-state index contributed by atoms with van der Waals surface area (Å²) >= 11 is 0. The summed E-state index contributed by atoms with van der Waals surface area (Å²) in [5.41, 5.74) is 1.85. The lowest BCUT2D eigenvalue weighted by molar-refractivity contribution is -0.125. The summed E-state index contributed by atoms with van der Waals surface area (Å²) in [5.74, 6) is -0.456. The van der Waals surface area contributed by atoms with Crippen molar-refractivity contribution in [3.8, 4) is 0 Å². The second-order valence-corrected chi connectivity index (χ2v) is 9.71. The zero-order chi connectivity index (χ0) is 22.1. The van der Waals surface area contributed by atoms with E-state index in [1.54, 1.807) is 12.1 Å². The van der Waals surface area contributed by atoms with Gasteiger partial charge >= 0.3 is 10.2 Å². The van der Waals surface area contributed by atoms with E-state index in [0.717, 1.165) is 24.1 Å².